The van der Waals surface area contributed by atoms with Crippen molar-refractivity contribution in [1.82, 2.24) is 15.5 Å². The molecule has 0 unspecified atom stereocenters. The SMILES string of the molecule is C=[N+]=C(N)NNCCOc1cccc(OS(=O)(=O)c2ccccc2[N+](=O)[O-])c1C. The summed E-state index contributed by atoms with van der Waals surface area (Å²) < 4.78 is 39.3. The molecule has 11 nitrogen and oxygen atoms in total. The van der Waals surface area contributed by atoms with Crippen LogP contribution < -0.4 is 30.2 Å². The topological polar surface area (TPSA) is 160 Å². The summed E-state index contributed by atoms with van der Waals surface area (Å²) in [7, 11) is -4.42. The molecule has 2 rings (SSSR count). The average Bonchev–Trinajstić information content (AvgIpc) is 2.70. The Morgan fingerprint density at radius 3 is 2.62 bits per heavy atom. The van der Waals surface area contributed by atoms with E-state index in [0.29, 0.717) is 17.9 Å². The van der Waals surface area contributed by atoms with Crippen molar-refractivity contribution in [1.29, 1.82) is 0 Å². The minimum atomic E-state index is -4.42. The number of nitro benzene ring substituents is 1. The molecule has 154 valence electrons. The Kier molecular flexibility index (Phi) is 7.15. The number of hydrogen-bond acceptors (Lipinski definition) is 7. The van der Waals surface area contributed by atoms with Gasteiger partial charge in [0.1, 0.15) is 24.8 Å². The Labute approximate surface area is 167 Å². The van der Waals surface area contributed by atoms with E-state index >= 15 is 0 Å². The van der Waals surface area contributed by atoms with Crippen molar-refractivity contribution in [3.8, 4) is 11.5 Å². The molecule has 12 heteroatoms. The first kappa shape index (κ1) is 21.7. The second kappa shape index (κ2) is 9.55. The van der Waals surface area contributed by atoms with Crippen molar-refractivity contribution in [2.75, 3.05) is 13.2 Å². The molecule has 0 atom stereocenters. The lowest BCUT2D eigenvalue weighted by atomic mass is 10.2. The number of rotatable bonds is 9. The third kappa shape index (κ3) is 5.69. The lowest BCUT2D eigenvalue weighted by molar-refractivity contribution is -0.387. The summed E-state index contributed by atoms with van der Waals surface area (Å²) in [4.78, 5) is 9.80. The number of benzene rings is 2. The first-order chi connectivity index (χ1) is 13.8. The standard InChI is InChI=1S/C17H19N5O6S/c1-12-14(27-11-10-20-21-17(18)19-2)7-5-8-15(12)28-29(25,26)16-9-4-3-6-13(16)22(23)24/h3-9,20H,2,10-11H2,1H3,(H2,18,21)/p+1. The van der Waals surface area contributed by atoms with Crippen molar-refractivity contribution in [3.63, 3.8) is 0 Å². The lowest BCUT2D eigenvalue weighted by Gasteiger charge is -2.13. The second-order valence-corrected chi connectivity index (χ2v) is 7.10. The largest absolute Gasteiger partial charge is 0.492 e. The first-order valence-corrected chi connectivity index (χ1v) is 9.65. The highest BCUT2D eigenvalue weighted by Crippen LogP contribution is 2.31. The van der Waals surface area contributed by atoms with Crippen LogP contribution in [0, 0.1) is 17.0 Å². The molecule has 2 aromatic carbocycles. The summed E-state index contributed by atoms with van der Waals surface area (Å²) in [5, 5.41) is 11.1. The highest BCUT2D eigenvalue weighted by atomic mass is 32.2. The van der Waals surface area contributed by atoms with E-state index in [1.165, 1.54) is 18.2 Å². The molecule has 29 heavy (non-hydrogen) atoms. The maximum absolute atomic E-state index is 12.6. The maximum Gasteiger partial charge on any atom is 0.452 e. The number of ether oxygens (including phenoxy) is 1. The van der Waals surface area contributed by atoms with Crippen LogP contribution in [-0.2, 0) is 10.1 Å². The Hall–Kier alpha value is -3.60. The van der Waals surface area contributed by atoms with Gasteiger partial charge in [-0.25, -0.2) is 0 Å². The lowest BCUT2D eigenvalue weighted by Crippen LogP contribution is -2.45. The molecule has 0 aliphatic rings. The molecule has 0 bridgehead atoms. The second-order valence-electron chi connectivity index (χ2n) is 5.59. The molecule has 2 aromatic rings. The van der Waals surface area contributed by atoms with Crippen LogP contribution in [0.2, 0.25) is 0 Å². The van der Waals surface area contributed by atoms with Gasteiger partial charge in [-0.1, -0.05) is 18.2 Å². The van der Waals surface area contributed by atoms with E-state index in [4.69, 9.17) is 14.7 Å². The van der Waals surface area contributed by atoms with Crippen LogP contribution in [-0.4, -0.2) is 39.2 Å². The van der Waals surface area contributed by atoms with Crippen molar-refractivity contribution in [2.24, 2.45) is 5.73 Å². The zero-order valence-corrected chi connectivity index (χ0v) is 16.3. The van der Waals surface area contributed by atoms with Crippen LogP contribution in [0.3, 0.4) is 0 Å². The molecule has 0 saturated heterocycles. The average molecular weight is 422 g/mol. The summed E-state index contributed by atoms with van der Waals surface area (Å²) in [5.74, 6) is 0.498. The summed E-state index contributed by atoms with van der Waals surface area (Å²) in [5.41, 5.74) is 10.6. The molecule has 0 aliphatic heterocycles. The van der Waals surface area contributed by atoms with Crippen molar-refractivity contribution in [2.45, 2.75) is 11.8 Å². The first-order valence-electron chi connectivity index (χ1n) is 8.24. The minimum Gasteiger partial charge on any atom is -0.492 e. The van der Waals surface area contributed by atoms with Gasteiger partial charge in [-0.15, -0.1) is 0 Å². The molecule has 0 saturated carbocycles. The molecule has 0 amide bonds. The summed E-state index contributed by atoms with van der Waals surface area (Å²) in [6.07, 6.45) is 0. The Morgan fingerprint density at radius 2 is 1.93 bits per heavy atom. The van der Waals surface area contributed by atoms with Crippen molar-refractivity contribution in [3.05, 3.63) is 58.1 Å². The Bertz CT molecular complexity index is 1050. The van der Waals surface area contributed by atoms with E-state index in [-0.39, 0.29) is 18.3 Å². The molecular formula is C17H20N5O6S+. The number of guanidine groups is 1. The Balaban J connectivity index is 2.13. The normalized spacial score (nSPS) is 10.7. The van der Waals surface area contributed by atoms with E-state index in [0.717, 1.165) is 12.1 Å². The molecule has 0 aromatic heterocycles. The van der Waals surface area contributed by atoms with Crippen molar-refractivity contribution < 1.29 is 22.3 Å². The summed E-state index contributed by atoms with van der Waals surface area (Å²) >= 11 is 0. The molecule has 0 spiro atoms. The van der Waals surface area contributed by atoms with Gasteiger partial charge in [0.05, 0.1) is 11.5 Å². The van der Waals surface area contributed by atoms with Gasteiger partial charge in [-0.3, -0.25) is 20.5 Å². The third-order valence-corrected chi connectivity index (χ3v) is 4.92. The van der Waals surface area contributed by atoms with Gasteiger partial charge in [0.15, 0.2) is 4.90 Å². The molecule has 0 radical (unpaired) electrons. The van der Waals surface area contributed by atoms with E-state index < -0.39 is 25.6 Å². The molecule has 0 heterocycles. The highest BCUT2D eigenvalue weighted by Gasteiger charge is 2.28. The third-order valence-electron chi connectivity index (χ3n) is 3.64. The van der Waals surface area contributed by atoms with Gasteiger partial charge in [-0.05, 0) is 25.1 Å². The molecule has 0 aliphatic carbocycles. The van der Waals surface area contributed by atoms with Crippen LogP contribution in [0.1, 0.15) is 5.56 Å². The summed E-state index contributed by atoms with van der Waals surface area (Å²) in [6, 6.07) is 9.57. The predicted molar refractivity (Wildman–Crippen MR) is 107 cm³/mol. The van der Waals surface area contributed by atoms with Gasteiger partial charge in [0, 0.05) is 11.6 Å². The zero-order chi connectivity index (χ0) is 21.4. The van der Waals surface area contributed by atoms with Crippen LogP contribution >= 0.6 is 0 Å². The number of nitrogens with two attached hydrogens (primary N) is 1. The fourth-order valence-electron chi connectivity index (χ4n) is 2.23. The molecule has 0 fully saturated rings. The maximum atomic E-state index is 12.6. The fourth-order valence-corrected chi connectivity index (χ4v) is 3.38. The monoisotopic (exact) mass is 422 g/mol. The summed E-state index contributed by atoms with van der Waals surface area (Å²) in [6.45, 7) is 5.44. The minimum absolute atomic E-state index is 0.000158. The van der Waals surface area contributed by atoms with E-state index in [9.17, 15) is 18.5 Å². The molecule has 4 N–H and O–H groups in total. The molecular weight excluding hydrogens is 402 g/mol. The number of nitrogens with one attached hydrogen (secondary N) is 2. The van der Waals surface area contributed by atoms with E-state index in [2.05, 4.69) is 22.2 Å². The van der Waals surface area contributed by atoms with Crippen LogP contribution in [0.15, 0.2) is 47.4 Å². The van der Waals surface area contributed by atoms with Gasteiger partial charge >= 0.3 is 16.1 Å². The predicted octanol–water partition coefficient (Wildman–Crippen LogP) is 0.226. The fraction of sp³-hybridized carbons (Fsp3) is 0.176. The number of nitro groups is 1. The van der Waals surface area contributed by atoms with E-state index in [1.807, 2.05) is 0 Å². The highest BCUT2D eigenvalue weighted by molar-refractivity contribution is 7.87. The van der Waals surface area contributed by atoms with Gasteiger partial charge in [-0.2, -0.15) is 19.3 Å². The van der Waals surface area contributed by atoms with Gasteiger partial charge < -0.3 is 8.92 Å². The van der Waals surface area contributed by atoms with Gasteiger partial charge in [0.25, 0.3) is 5.69 Å². The number of nitrogens with zero attached hydrogens (tertiary/aromatic N) is 2. The quantitative estimate of drug-likeness (QED) is 0.0977. The number of hydrogen-bond donors (Lipinski definition) is 3. The van der Waals surface area contributed by atoms with Crippen LogP contribution in [0.5, 0.6) is 11.5 Å². The van der Waals surface area contributed by atoms with Crippen LogP contribution in [0.4, 0.5) is 5.69 Å². The zero-order valence-electron chi connectivity index (χ0n) is 15.5. The van der Waals surface area contributed by atoms with Crippen molar-refractivity contribution >= 4 is 28.5 Å². The van der Waals surface area contributed by atoms with Crippen LogP contribution in [0.25, 0.3) is 0 Å². The Morgan fingerprint density at radius 1 is 1.24 bits per heavy atom. The van der Waals surface area contributed by atoms with E-state index in [1.54, 1.807) is 19.1 Å². The van der Waals surface area contributed by atoms with Gasteiger partial charge in [0.2, 0.25) is 0 Å². The number of para-hydroxylation sites is 1. The number of hydrazine groups is 1. The smallest absolute Gasteiger partial charge is 0.452 e.